The van der Waals surface area contributed by atoms with Crippen molar-refractivity contribution >= 4 is 11.6 Å². The molecular weight excluding hydrogens is 226 g/mol. The van der Waals surface area contributed by atoms with Crippen LogP contribution in [0.4, 0.5) is 5.69 Å². The van der Waals surface area contributed by atoms with Crippen molar-refractivity contribution in [3.8, 4) is 0 Å². The summed E-state index contributed by atoms with van der Waals surface area (Å²) in [7, 11) is 1.51. The van der Waals surface area contributed by atoms with Gasteiger partial charge in [-0.3, -0.25) is 19.6 Å². The standard InChI is InChI=1S/C9H9N5O3/c1-6-3-10-13(4-6)9(15)8-7(14(16)17)5-12(2)11-8/h3-5H,1-2H3. The third-order valence-corrected chi connectivity index (χ3v) is 2.13. The molecule has 0 radical (unpaired) electrons. The summed E-state index contributed by atoms with van der Waals surface area (Å²) in [6, 6.07) is 0. The average Bonchev–Trinajstić information content (AvgIpc) is 2.83. The first-order valence-electron chi connectivity index (χ1n) is 4.73. The van der Waals surface area contributed by atoms with Crippen molar-refractivity contribution in [2.45, 2.75) is 6.92 Å². The van der Waals surface area contributed by atoms with Crippen LogP contribution in [-0.4, -0.2) is 30.4 Å². The lowest BCUT2D eigenvalue weighted by Gasteiger charge is -1.95. The minimum atomic E-state index is -0.642. The van der Waals surface area contributed by atoms with E-state index in [1.807, 2.05) is 0 Å². The normalized spacial score (nSPS) is 10.5. The van der Waals surface area contributed by atoms with E-state index in [0.29, 0.717) is 0 Å². The highest BCUT2D eigenvalue weighted by molar-refractivity contribution is 5.97. The first-order chi connectivity index (χ1) is 7.99. The summed E-state index contributed by atoms with van der Waals surface area (Å²) < 4.78 is 2.26. The number of carbonyl (C=O) groups excluding carboxylic acids is 1. The zero-order chi connectivity index (χ0) is 12.6. The van der Waals surface area contributed by atoms with E-state index in [1.54, 1.807) is 6.92 Å². The van der Waals surface area contributed by atoms with Crippen molar-refractivity contribution in [1.82, 2.24) is 19.6 Å². The Kier molecular flexibility index (Phi) is 2.47. The van der Waals surface area contributed by atoms with Crippen LogP contribution in [0.25, 0.3) is 0 Å². The molecule has 8 nitrogen and oxygen atoms in total. The molecule has 0 saturated heterocycles. The summed E-state index contributed by atoms with van der Waals surface area (Å²) in [5, 5.41) is 18.3. The summed E-state index contributed by atoms with van der Waals surface area (Å²) in [5.41, 5.74) is 0.239. The molecule has 2 aromatic rings. The number of aryl methyl sites for hydroxylation is 2. The molecule has 0 N–H and O–H groups in total. The Balaban J connectivity index is 2.47. The molecule has 0 atom stereocenters. The van der Waals surface area contributed by atoms with Gasteiger partial charge < -0.3 is 0 Å². The maximum absolute atomic E-state index is 11.9. The van der Waals surface area contributed by atoms with Crippen molar-refractivity contribution in [1.29, 1.82) is 0 Å². The van der Waals surface area contributed by atoms with Crippen LogP contribution >= 0.6 is 0 Å². The van der Waals surface area contributed by atoms with Crippen LogP contribution in [0.2, 0.25) is 0 Å². The smallest absolute Gasteiger partial charge is 0.268 e. The summed E-state index contributed by atoms with van der Waals surface area (Å²) in [6.45, 7) is 1.77. The molecule has 0 aromatic carbocycles. The molecule has 2 heterocycles. The minimum Gasteiger partial charge on any atom is -0.268 e. The second-order valence-corrected chi connectivity index (χ2v) is 3.56. The lowest BCUT2D eigenvalue weighted by atomic mass is 10.3. The number of carbonyl (C=O) groups is 1. The zero-order valence-electron chi connectivity index (χ0n) is 9.19. The van der Waals surface area contributed by atoms with Gasteiger partial charge in [0, 0.05) is 13.2 Å². The Hall–Kier alpha value is -2.51. The Morgan fingerprint density at radius 3 is 2.71 bits per heavy atom. The molecule has 0 bridgehead atoms. The van der Waals surface area contributed by atoms with Gasteiger partial charge in [-0.1, -0.05) is 0 Å². The molecule has 0 aliphatic heterocycles. The van der Waals surface area contributed by atoms with Crippen LogP contribution in [0, 0.1) is 17.0 Å². The van der Waals surface area contributed by atoms with E-state index in [2.05, 4.69) is 10.2 Å². The van der Waals surface area contributed by atoms with Crippen molar-refractivity contribution in [3.63, 3.8) is 0 Å². The first kappa shape index (κ1) is 11.0. The molecule has 17 heavy (non-hydrogen) atoms. The van der Waals surface area contributed by atoms with Crippen molar-refractivity contribution in [3.05, 3.63) is 40.0 Å². The molecule has 0 fully saturated rings. The molecule has 2 rings (SSSR count). The molecule has 0 unspecified atom stereocenters. The van der Waals surface area contributed by atoms with Gasteiger partial charge >= 0.3 is 11.6 Å². The predicted molar refractivity (Wildman–Crippen MR) is 56.6 cm³/mol. The number of rotatable bonds is 2. The van der Waals surface area contributed by atoms with Gasteiger partial charge in [0.25, 0.3) is 0 Å². The van der Waals surface area contributed by atoms with Crippen LogP contribution in [0.15, 0.2) is 18.6 Å². The van der Waals surface area contributed by atoms with E-state index in [1.165, 1.54) is 30.3 Å². The third-order valence-electron chi connectivity index (χ3n) is 2.13. The quantitative estimate of drug-likeness (QED) is 0.558. The van der Waals surface area contributed by atoms with Crippen LogP contribution in [0.5, 0.6) is 0 Å². The Morgan fingerprint density at radius 1 is 1.47 bits per heavy atom. The molecular formula is C9H9N5O3. The monoisotopic (exact) mass is 235 g/mol. The highest BCUT2D eigenvalue weighted by Crippen LogP contribution is 2.17. The number of aromatic nitrogens is 4. The fourth-order valence-corrected chi connectivity index (χ4v) is 1.39. The van der Waals surface area contributed by atoms with Crippen molar-refractivity contribution in [2.75, 3.05) is 0 Å². The van der Waals surface area contributed by atoms with E-state index in [4.69, 9.17) is 0 Å². The molecule has 0 aliphatic rings. The molecule has 0 spiro atoms. The van der Waals surface area contributed by atoms with E-state index >= 15 is 0 Å². The largest absolute Gasteiger partial charge is 0.320 e. The molecule has 88 valence electrons. The summed E-state index contributed by atoms with van der Waals surface area (Å²) in [5.74, 6) is -0.620. The predicted octanol–water partition coefficient (Wildman–Crippen LogP) is 0.522. The molecule has 8 heteroatoms. The van der Waals surface area contributed by atoms with E-state index < -0.39 is 10.8 Å². The molecule has 0 aliphatic carbocycles. The fraction of sp³-hybridized carbons (Fsp3) is 0.222. The van der Waals surface area contributed by atoms with Gasteiger partial charge in [-0.25, -0.2) is 4.68 Å². The lowest BCUT2D eigenvalue weighted by Crippen LogP contribution is -2.15. The highest BCUT2D eigenvalue weighted by atomic mass is 16.6. The van der Waals surface area contributed by atoms with E-state index in [0.717, 1.165) is 10.2 Å². The number of hydrogen-bond acceptors (Lipinski definition) is 5. The van der Waals surface area contributed by atoms with Gasteiger partial charge in [-0.05, 0) is 12.5 Å². The first-order valence-corrected chi connectivity index (χ1v) is 4.73. The number of hydrogen-bond donors (Lipinski definition) is 0. The zero-order valence-corrected chi connectivity index (χ0v) is 9.19. The van der Waals surface area contributed by atoms with E-state index in [9.17, 15) is 14.9 Å². The Morgan fingerprint density at radius 2 is 2.18 bits per heavy atom. The SMILES string of the molecule is Cc1cnn(C(=O)c2nn(C)cc2[N+](=O)[O-])c1. The summed E-state index contributed by atoms with van der Waals surface area (Å²) in [4.78, 5) is 22.0. The van der Waals surface area contributed by atoms with Gasteiger partial charge in [0.15, 0.2) is 0 Å². The topological polar surface area (TPSA) is 95.8 Å². The average molecular weight is 235 g/mol. The van der Waals surface area contributed by atoms with Crippen LogP contribution in [-0.2, 0) is 7.05 Å². The Bertz CT molecular complexity index is 598. The second-order valence-electron chi connectivity index (χ2n) is 3.56. The molecule has 2 aromatic heterocycles. The highest BCUT2D eigenvalue weighted by Gasteiger charge is 2.26. The summed E-state index contributed by atoms with van der Waals surface area (Å²) in [6.07, 6.45) is 4.16. The fourth-order valence-electron chi connectivity index (χ4n) is 1.39. The van der Waals surface area contributed by atoms with Crippen LogP contribution in [0.3, 0.4) is 0 Å². The van der Waals surface area contributed by atoms with Gasteiger partial charge in [0.05, 0.1) is 11.1 Å². The maximum Gasteiger partial charge on any atom is 0.320 e. The lowest BCUT2D eigenvalue weighted by molar-refractivity contribution is -0.385. The third kappa shape index (κ3) is 1.92. The number of nitro groups is 1. The van der Waals surface area contributed by atoms with Gasteiger partial charge in [-0.2, -0.15) is 10.2 Å². The van der Waals surface area contributed by atoms with Gasteiger partial charge in [-0.15, -0.1) is 0 Å². The van der Waals surface area contributed by atoms with Crippen LogP contribution < -0.4 is 0 Å². The molecule has 0 amide bonds. The van der Waals surface area contributed by atoms with E-state index in [-0.39, 0.29) is 11.4 Å². The number of nitrogens with zero attached hydrogens (tertiary/aromatic N) is 5. The van der Waals surface area contributed by atoms with Gasteiger partial charge in [0.2, 0.25) is 5.69 Å². The van der Waals surface area contributed by atoms with Crippen molar-refractivity contribution < 1.29 is 9.72 Å². The maximum atomic E-state index is 11.9. The van der Waals surface area contributed by atoms with Crippen molar-refractivity contribution in [2.24, 2.45) is 7.05 Å². The second kappa shape index (κ2) is 3.81. The minimum absolute atomic E-state index is 0.222. The molecule has 0 saturated carbocycles. The Labute approximate surface area is 95.6 Å². The van der Waals surface area contributed by atoms with Gasteiger partial charge in [0.1, 0.15) is 6.20 Å². The van der Waals surface area contributed by atoms with Crippen LogP contribution in [0.1, 0.15) is 16.1 Å². The summed E-state index contributed by atoms with van der Waals surface area (Å²) >= 11 is 0.